The van der Waals surface area contributed by atoms with Crippen LogP contribution in [0.2, 0.25) is 0 Å². The summed E-state index contributed by atoms with van der Waals surface area (Å²) in [7, 11) is 1.88. The van der Waals surface area contributed by atoms with Gasteiger partial charge < -0.3 is 4.57 Å². The molecule has 2 aromatic carbocycles. The van der Waals surface area contributed by atoms with Crippen LogP contribution < -0.4 is 5.56 Å². The molecule has 4 rings (SSSR count). The molecule has 0 saturated heterocycles. The van der Waals surface area contributed by atoms with E-state index in [1.54, 1.807) is 0 Å². The average molecular weight is 354 g/mol. The van der Waals surface area contributed by atoms with Crippen LogP contribution in [-0.4, -0.2) is 14.2 Å². The maximum Gasteiger partial charge on any atom is 0.278 e. The molecule has 0 amide bonds. The first-order chi connectivity index (χ1) is 13.2. The summed E-state index contributed by atoms with van der Waals surface area (Å²) in [5.41, 5.74) is 5.37. The molecule has 0 bridgehead atoms. The molecule has 5 nitrogen and oxygen atoms in total. The van der Waals surface area contributed by atoms with E-state index in [1.807, 2.05) is 48.9 Å². The van der Waals surface area contributed by atoms with Crippen LogP contribution in [0.5, 0.6) is 0 Å². The normalized spacial score (nSPS) is 10.9. The second-order valence-corrected chi connectivity index (χ2v) is 6.40. The van der Waals surface area contributed by atoms with Gasteiger partial charge in [-0.15, -0.1) is 0 Å². The van der Waals surface area contributed by atoms with Gasteiger partial charge in [-0.1, -0.05) is 55.5 Å². The number of rotatable bonds is 3. The van der Waals surface area contributed by atoms with E-state index in [2.05, 4.69) is 35.4 Å². The fraction of sp³-hybridized carbons (Fsp3) is 0.136. The number of hydrogen-bond acceptors (Lipinski definition) is 3. The Balaban J connectivity index is 2.04. The molecule has 0 N–H and O–H groups in total. The second-order valence-electron chi connectivity index (χ2n) is 6.40. The molecule has 0 fully saturated rings. The predicted molar refractivity (Wildman–Crippen MR) is 105 cm³/mol. The molecule has 4 aromatic rings. The minimum atomic E-state index is -0.174. The van der Waals surface area contributed by atoms with Crippen molar-refractivity contribution in [2.45, 2.75) is 13.3 Å². The largest absolute Gasteiger partial charge is 0.327 e. The molecule has 132 valence electrons. The van der Waals surface area contributed by atoms with Crippen molar-refractivity contribution in [3.63, 3.8) is 0 Å². The fourth-order valence-electron chi connectivity index (χ4n) is 3.59. The van der Waals surface area contributed by atoms with E-state index in [0.29, 0.717) is 23.2 Å². The minimum absolute atomic E-state index is 0.174. The zero-order valence-electron chi connectivity index (χ0n) is 15.2. The van der Waals surface area contributed by atoms with Gasteiger partial charge >= 0.3 is 0 Å². The Hall–Kier alpha value is -3.65. The van der Waals surface area contributed by atoms with E-state index in [9.17, 15) is 10.1 Å². The van der Waals surface area contributed by atoms with Gasteiger partial charge in [0.25, 0.3) is 5.56 Å². The molecule has 0 aliphatic rings. The Bertz CT molecular complexity index is 1240. The molecule has 0 radical (unpaired) electrons. The van der Waals surface area contributed by atoms with Crippen molar-refractivity contribution < 1.29 is 0 Å². The summed E-state index contributed by atoms with van der Waals surface area (Å²) in [6, 6.07) is 20.4. The number of hydrogen-bond donors (Lipinski definition) is 0. The first kappa shape index (κ1) is 16.8. The Morgan fingerprint density at radius 3 is 2.44 bits per heavy atom. The highest BCUT2D eigenvalue weighted by atomic mass is 16.1. The van der Waals surface area contributed by atoms with Crippen LogP contribution in [0.15, 0.2) is 65.6 Å². The molecule has 0 atom stereocenters. The second kappa shape index (κ2) is 6.58. The lowest BCUT2D eigenvalue weighted by Crippen LogP contribution is -2.24. The van der Waals surface area contributed by atoms with Crippen molar-refractivity contribution in [1.82, 2.24) is 14.2 Å². The molecular formula is C22H18N4O. The van der Waals surface area contributed by atoms with Crippen LogP contribution >= 0.6 is 0 Å². The summed E-state index contributed by atoms with van der Waals surface area (Å²) >= 11 is 0. The Labute approximate surface area is 156 Å². The van der Waals surface area contributed by atoms with E-state index >= 15 is 0 Å². The lowest BCUT2D eigenvalue weighted by molar-refractivity contribution is 0.804. The average Bonchev–Trinajstić information content (AvgIpc) is 3.16. The molecule has 0 unspecified atom stereocenters. The summed E-state index contributed by atoms with van der Waals surface area (Å²) in [4.78, 5) is 13.0. The van der Waals surface area contributed by atoms with Gasteiger partial charge in [-0.3, -0.25) is 4.79 Å². The maximum absolute atomic E-state index is 13.0. The summed E-state index contributed by atoms with van der Waals surface area (Å²) in [6.45, 7) is 1.96. The van der Waals surface area contributed by atoms with E-state index in [4.69, 9.17) is 0 Å². The standard InChI is InChI=1S/C22H18N4O/c1-3-19-20(25(2)21-18(13-23)14-24-26(21)22(19)27)17-11-7-10-16(12-17)15-8-5-4-6-9-15/h4-12,14H,3H2,1-2H3. The van der Waals surface area contributed by atoms with E-state index in [1.165, 1.54) is 10.7 Å². The molecular weight excluding hydrogens is 336 g/mol. The minimum Gasteiger partial charge on any atom is -0.327 e. The molecule has 2 aromatic heterocycles. The van der Waals surface area contributed by atoms with Crippen LogP contribution in [0.4, 0.5) is 0 Å². The monoisotopic (exact) mass is 354 g/mol. The lowest BCUT2D eigenvalue weighted by atomic mass is 9.99. The molecule has 2 heterocycles. The van der Waals surface area contributed by atoms with Crippen molar-refractivity contribution >= 4 is 5.65 Å². The fourth-order valence-corrected chi connectivity index (χ4v) is 3.59. The maximum atomic E-state index is 13.0. The van der Waals surface area contributed by atoms with E-state index < -0.39 is 0 Å². The number of aromatic nitrogens is 3. The van der Waals surface area contributed by atoms with Crippen LogP contribution in [0.1, 0.15) is 18.1 Å². The van der Waals surface area contributed by atoms with Crippen molar-refractivity contribution in [3.8, 4) is 28.5 Å². The van der Waals surface area contributed by atoms with Crippen molar-refractivity contribution in [2.75, 3.05) is 0 Å². The van der Waals surface area contributed by atoms with Crippen molar-refractivity contribution in [3.05, 3.63) is 82.3 Å². The van der Waals surface area contributed by atoms with Gasteiger partial charge in [0.15, 0.2) is 5.65 Å². The van der Waals surface area contributed by atoms with Crippen LogP contribution in [0.3, 0.4) is 0 Å². The highest BCUT2D eigenvalue weighted by molar-refractivity contribution is 5.75. The quantitative estimate of drug-likeness (QED) is 0.562. The molecule has 0 spiro atoms. The number of fused-ring (bicyclic) bond motifs is 1. The summed E-state index contributed by atoms with van der Waals surface area (Å²) < 4.78 is 3.22. The molecule has 0 aliphatic heterocycles. The van der Waals surface area contributed by atoms with Crippen molar-refractivity contribution in [1.29, 1.82) is 5.26 Å². The van der Waals surface area contributed by atoms with Gasteiger partial charge in [-0.2, -0.15) is 14.9 Å². The smallest absolute Gasteiger partial charge is 0.278 e. The Morgan fingerprint density at radius 2 is 1.74 bits per heavy atom. The van der Waals surface area contributed by atoms with Crippen LogP contribution in [-0.2, 0) is 13.5 Å². The number of nitriles is 1. The molecule has 5 heteroatoms. The third-order valence-corrected chi connectivity index (χ3v) is 4.85. The number of nitrogens with zero attached hydrogens (tertiary/aromatic N) is 4. The summed E-state index contributed by atoms with van der Waals surface area (Å²) in [5, 5.41) is 13.5. The highest BCUT2D eigenvalue weighted by Crippen LogP contribution is 2.29. The summed E-state index contributed by atoms with van der Waals surface area (Å²) in [6.07, 6.45) is 2.02. The van der Waals surface area contributed by atoms with Gasteiger partial charge in [0.1, 0.15) is 11.6 Å². The van der Waals surface area contributed by atoms with Gasteiger partial charge in [-0.25, -0.2) is 0 Å². The predicted octanol–water partition coefficient (Wildman–Crippen LogP) is 3.80. The topological polar surface area (TPSA) is 63.1 Å². The van der Waals surface area contributed by atoms with Crippen molar-refractivity contribution in [2.24, 2.45) is 7.05 Å². The zero-order valence-corrected chi connectivity index (χ0v) is 15.2. The third-order valence-electron chi connectivity index (χ3n) is 4.85. The van der Waals surface area contributed by atoms with Crippen LogP contribution in [0, 0.1) is 11.3 Å². The Kier molecular flexibility index (Phi) is 4.09. The number of aryl methyl sites for hydroxylation is 1. The van der Waals surface area contributed by atoms with Gasteiger partial charge in [0.05, 0.1) is 11.9 Å². The third kappa shape index (κ3) is 2.63. The first-order valence-corrected chi connectivity index (χ1v) is 8.81. The first-order valence-electron chi connectivity index (χ1n) is 8.81. The number of benzene rings is 2. The molecule has 0 aliphatic carbocycles. The lowest BCUT2D eigenvalue weighted by Gasteiger charge is -2.16. The van der Waals surface area contributed by atoms with E-state index in [-0.39, 0.29) is 5.56 Å². The molecule has 0 saturated carbocycles. The highest BCUT2D eigenvalue weighted by Gasteiger charge is 2.19. The van der Waals surface area contributed by atoms with Gasteiger partial charge in [0.2, 0.25) is 0 Å². The SMILES string of the molecule is CCc1c(-c2cccc(-c3ccccc3)c2)n(C)c2c(C#N)cnn2c1=O. The zero-order chi connectivity index (χ0) is 19.0. The molecule has 27 heavy (non-hydrogen) atoms. The van der Waals surface area contributed by atoms with E-state index in [0.717, 1.165) is 22.4 Å². The summed E-state index contributed by atoms with van der Waals surface area (Å²) in [5.74, 6) is 0. The van der Waals surface area contributed by atoms with Crippen LogP contribution in [0.25, 0.3) is 28.0 Å². The van der Waals surface area contributed by atoms with Gasteiger partial charge in [-0.05, 0) is 29.2 Å². The van der Waals surface area contributed by atoms with Gasteiger partial charge in [0, 0.05) is 12.6 Å². The Morgan fingerprint density at radius 1 is 1.04 bits per heavy atom.